The number of alkyl halides is 2. The van der Waals surface area contributed by atoms with Crippen molar-refractivity contribution < 1.29 is 13.5 Å². The van der Waals surface area contributed by atoms with E-state index in [4.69, 9.17) is 5.73 Å². The molecule has 100 valence electrons. The van der Waals surface area contributed by atoms with E-state index in [0.29, 0.717) is 11.1 Å². The van der Waals surface area contributed by atoms with E-state index in [-0.39, 0.29) is 11.8 Å². The summed E-state index contributed by atoms with van der Waals surface area (Å²) in [5.41, 5.74) is 9.13. The van der Waals surface area contributed by atoms with Gasteiger partial charge in [-0.1, -0.05) is 11.6 Å². The van der Waals surface area contributed by atoms with E-state index in [2.05, 4.69) is 4.74 Å². The Morgan fingerprint density at radius 3 is 2.17 bits per heavy atom. The standard InChI is InChI=1S/C14H19F2NO/c1-8(11(4)17)5-12-6-9(2)13(10(3)7-12)18-14(15)16/h5-7,11,14H,17H2,1-4H3/b8-5+. The Bertz CT molecular complexity index is 430. The lowest BCUT2D eigenvalue weighted by atomic mass is 10.0. The molecule has 0 saturated heterocycles. The highest BCUT2D eigenvalue weighted by atomic mass is 19.3. The molecule has 2 nitrogen and oxygen atoms in total. The fourth-order valence-electron chi connectivity index (χ4n) is 1.74. The van der Waals surface area contributed by atoms with Crippen molar-refractivity contribution in [2.75, 3.05) is 0 Å². The monoisotopic (exact) mass is 255 g/mol. The van der Waals surface area contributed by atoms with Crippen LogP contribution in [0.2, 0.25) is 0 Å². The van der Waals surface area contributed by atoms with Crippen LogP contribution in [0.4, 0.5) is 8.78 Å². The van der Waals surface area contributed by atoms with E-state index in [1.807, 2.05) is 32.1 Å². The zero-order valence-corrected chi connectivity index (χ0v) is 11.1. The second-order valence-electron chi connectivity index (χ2n) is 4.54. The van der Waals surface area contributed by atoms with Crippen molar-refractivity contribution in [2.24, 2.45) is 5.73 Å². The maximum atomic E-state index is 12.2. The van der Waals surface area contributed by atoms with Crippen LogP contribution in [0, 0.1) is 13.8 Å². The highest BCUT2D eigenvalue weighted by Crippen LogP contribution is 2.27. The molecule has 1 atom stereocenters. The van der Waals surface area contributed by atoms with Crippen LogP contribution in [0.25, 0.3) is 6.08 Å². The minimum absolute atomic E-state index is 0.0254. The SMILES string of the molecule is C/C(=C\c1cc(C)c(OC(F)F)c(C)c1)C(C)N. The number of ether oxygens (including phenoxy) is 1. The second kappa shape index (κ2) is 5.96. The maximum Gasteiger partial charge on any atom is 0.387 e. The van der Waals surface area contributed by atoms with Gasteiger partial charge < -0.3 is 10.5 Å². The van der Waals surface area contributed by atoms with Crippen molar-refractivity contribution >= 4 is 6.08 Å². The van der Waals surface area contributed by atoms with Crippen LogP contribution in [0.5, 0.6) is 5.75 Å². The number of aryl methyl sites for hydroxylation is 2. The average molecular weight is 255 g/mol. The molecule has 0 aliphatic rings. The molecule has 0 aliphatic heterocycles. The molecule has 1 aromatic carbocycles. The number of hydrogen-bond donors (Lipinski definition) is 1. The van der Waals surface area contributed by atoms with E-state index < -0.39 is 6.61 Å². The zero-order chi connectivity index (χ0) is 13.9. The van der Waals surface area contributed by atoms with Crippen LogP contribution in [-0.2, 0) is 0 Å². The van der Waals surface area contributed by atoms with E-state index in [0.717, 1.165) is 11.1 Å². The first-order valence-electron chi connectivity index (χ1n) is 5.81. The molecule has 1 aromatic rings. The van der Waals surface area contributed by atoms with Crippen molar-refractivity contribution in [3.8, 4) is 5.75 Å². The maximum absolute atomic E-state index is 12.2. The van der Waals surface area contributed by atoms with Gasteiger partial charge in [-0.2, -0.15) is 8.78 Å². The topological polar surface area (TPSA) is 35.2 Å². The average Bonchev–Trinajstić information content (AvgIpc) is 2.23. The molecular formula is C14H19F2NO. The van der Waals surface area contributed by atoms with Crippen LogP contribution in [-0.4, -0.2) is 12.7 Å². The molecule has 18 heavy (non-hydrogen) atoms. The van der Waals surface area contributed by atoms with Crippen molar-refractivity contribution in [3.05, 3.63) is 34.4 Å². The Hall–Kier alpha value is -1.42. The summed E-state index contributed by atoms with van der Waals surface area (Å²) in [6, 6.07) is 3.61. The fourth-order valence-corrected chi connectivity index (χ4v) is 1.74. The summed E-state index contributed by atoms with van der Waals surface area (Å²) in [4.78, 5) is 0. The van der Waals surface area contributed by atoms with Gasteiger partial charge in [0.2, 0.25) is 0 Å². The molecule has 1 rings (SSSR count). The Morgan fingerprint density at radius 2 is 1.78 bits per heavy atom. The summed E-state index contributed by atoms with van der Waals surface area (Å²) in [5, 5.41) is 0. The van der Waals surface area contributed by atoms with Gasteiger partial charge in [0.05, 0.1) is 0 Å². The van der Waals surface area contributed by atoms with Crippen LogP contribution in [0.3, 0.4) is 0 Å². The molecule has 0 aromatic heterocycles. The quantitative estimate of drug-likeness (QED) is 0.891. The zero-order valence-electron chi connectivity index (χ0n) is 11.1. The number of rotatable bonds is 4. The largest absolute Gasteiger partial charge is 0.434 e. The van der Waals surface area contributed by atoms with Crippen LogP contribution < -0.4 is 10.5 Å². The predicted molar refractivity (Wildman–Crippen MR) is 69.8 cm³/mol. The first kappa shape index (κ1) is 14.6. The van der Waals surface area contributed by atoms with Crippen molar-refractivity contribution in [1.82, 2.24) is 0 Å². The third kappa shape index (κ3) is 3.81. The minimum atomic E-state index is -2.80. The first-order valence-corrected chi connectivity index (χ1v) is 5.81. The normalized spacial score (nSPS) is 13.9. The smallest absolute Gasteiger partial charge is 0.387 e. The van der Waals surface area contributed by atoms with Crippen LogP contribution in [0.1, 0.15) is 30.5 Å². The number of hydrogen-bond acceptors (Lipinski definition) is 2. The third-order valence-corrected chi connectivity index (χ3v) is 2.80. The molecule has 0 heterocycles. The molecule has 4 heteroatoms. The van der Waals surface area contributed by atoms with E-state index in [1.54, 1.807) is 13.8 Å². The highest BCUT2D eigenvalue weighted by molar-refractivity contribution is 5.58. The van der Waals surface area contributed by atoms with Crippen LogP contribution >= 0.6 is 0 Å². The van der Waals surface area contributed by atoms with Gasteiger partial charge in [-0.3, -0.25) is 0 Å². The summed E-state index contributed by atoms with van der Waals surface area (Å²) in [5.74, 6) is 0.251. The summed E-state index contributed by atoms with van der Waals surface area (Å²) < 4.78 is 29.0. The van der Waals surface area contributed by atoms with Crippen molar-refractivity contribution in [3.63, 3.8) is 0 Å². The van der Waals surface area contributed by atoms with Gasteiger partial charge in [0.15, 0.2) is 0 Å². The van der Waals surface area contributed by atoms with Crippen LogP contribution in [0.15, 0.2) is 17.7 Å². The molecule has 0 amide bonds. The van der Waals surface area contributed by atoms with Crippen molar-refractivity contribution in [1.29, 1.82) is 0 Å². The molecular weight excluding hydrogens is 236 g/mol. The number of nitrogens with two attached hydrogens (primary N) is 1. The highest BCUT2D eigenvalue weighted by Gasteiger charge is 2.11. The molecule has 0 aliphatic carbocycles. The summed E-state index contributed by atoms with van der Waals surface area (Å²) in [7, 11) is 0. The molecule has 0 bridgehead atoms. The minimum Gasteiger partial charge on any atom is -0.434 e. The fraction of sp³-hybridized carbons (Fsp3) is 0.429. The summed E-state index contributed by atoms with van der Waals surface area (Å²) in [6.07, 6.45) is 1.96. The van der Waals surface area contributed by atoms with Gasteiger partial charge in [-0.15, -0.1) is 0 Å². The second-order valence-corrected chi connectivity index (χ2v) is 4.54. The third-order valence-electron chi connectivity index (χ3n) is 2.80. The summed E-state index contributed by atoms with van der Waals surface area (Å²) in [6.45, 7) is 4.56. The molecule has 0 spiro atoms. The lowest BCUT2D eigenvalue weighted by Gasteiger charge is -2.13. The van der Waals surface area contributed by atoms with Gasteiger partial charge in [-0.05, 0) is 56.5 Å². The molecule has 0 saturated carbocycles. The molecule has 1 unspecified atom stereocenters. The van der Waals surface area contributed by atoms with Gasteiger partial charge in [-0.25, -0.2) is 0 Å². The van der Waals surface area contributed by atoms with E-state index in [9.17, 15) is 8.78 Å². The first-order chi connectivity index (χ1) is 8.31. The van der Waals surface area contributed by atoms with Gasteiger partial charge in [0.1, 0.15) is 5.75 Å². The molecule has 2 N–H and O–H groups in total. The Kier molecular flexibility index (Phi) is 4.84. The Morgan fingerprint density at radius 1 is 1.28 bits per heavy atom. The van der Waals surface area contributed by atoms with E-state index in [1.165, 1.54) is 0 Å². The molecule has 0 radical (unpaired) electrons. The number of halogens is 2. The Labute approximate surface area is 106 Å². The summed E-state index contributed by atoms with van der Waals surface area (Å²) >= 11 is 0. The lowest BCUT2D eigenvalue weighted by molar-refractivity contribution is -0.0507. The van der Waals surface area contributed by atoms with E-state index >= 15 is 0 Å². The van der Waals surface area contributed by atoms with Crippen molar-refractivity contribution in [2.45, 2.75) is 40.3 Å². The predicted octanol–water partition coefficient (Wildman–Crippen LogP) is 3.66. The van der Waals surface area contributed by atoms with Gasteiger partial charge in [0.25, 0.3) is 0 Å². The van der Waals surface area contributed by atoms with Gasteiger partial charge >= 0.3 is 6.61 Å². The molecule has 0 fully saturated rings. The van der Waals surface area contributed by atoms with Gasteiger partial charge in [0, 0.05) is 6.04 Å². The lowest BCUT2D eigenvalue weighted by Crippen LogP contribution is -2.15. The number of benzene rings is 1. The Balaban J connectivity index is 3.10.